The van der Waals surface area contributed by atoms with Crippen molar-refractivity contribution < 1.29 is 4.74 Å². The number of nitrogens with one attached hydrogen (secondary N) is 1. The number of ether oxygens (including phenoxy) is 1. The Labute approximate surface area is 108 Å². The van der Waals surface area contributed by atoms with Gasteiger partial charge in [0.25, 0.3) is 0 Å². The van der Waals surface area contributed by atoms with Crippen LogP contribution in [0.5, 0.6) is 5.88 Å². The van der Waals surface area contributed by atoms with Crippen molar-refractivity contribution in [2.24, 2.45) is 0 Å². The molecule has 18 heavy (non-hydrogen) atoms. The summed E-state index contributed by atoms with van der Waals surface area (Å²) >= 11 is 0. The van der Waals surface area contributed by atoms with Crippen LogP contribution in [0.15, 0.2) is 18.3 Å². The normalized spacial score (nSPS) is 23.4. The molecule has 1 atom stereocenters. The molecule has 2 heterocycles. The van der Waals surface area contributed by atoms with E-state index < -0.39 is 0 Å². The number of rotatable bonds is 5. The van der Waals surface area contributed by atoms with Crippen LogP contribution in [0.2, 0.25) is 0 Å². The molecule has 0 spiro atoms. The fourth-order valence-corrected chi connectivity index (χ4v) is 2.67. The Hall–Kier alpha value is -1.29. The third-order valence-electron chi connectivity index (χ3n) is 3.86. The smallest absolute Gasteiger partial charge is 0.214 e. The van der Waals surface area contributed by atoms with E-state index in [4.69, 9.17) is 4.74 Å². The first-order valence-electron chi connectivity index (χ1n) is 6.87. The van der Waals surface area contributed by atoms with Gasteiger partial charge in [-0.15, -0.1) is 0 Å². The average Bonchev–Trinajstić information content (AvgIpc) is 3.13. The molecule has 4 nitrogen and oxygen atoms in total. The van der Waals surface area contributed by atoms with E-state index in [1.54, 1.807) is 7.11 Å². The van der Waals surface area contributed by atoms with E-state index in [-0.39, 0.29) is 0 Å². The second-order valence-electron chi connectivity index (χ2n) is 5.23. The van der Waals surface area contributed by atoms with E-state index in [9.17, 15) is 0 Å². The first kappa shape index (κ1) is 11.8. The molecule has 0 bridgehead atoms. The lowest BCUT2D eigenvalue weighted by Crippen LogP contribution is -2.38. The molecular formula is C14H21N3O. The average molecular weight is 247 g/mol. The molecule has 1 aliphatic carbocycles. The largest absolute Gasteiger partial charge is 0.481 e. The van der Waals surface area contributed by atoms with Gasteiger partial charge in [0.05, 0.1) is 7.11 Å². The van der Waals surface area contributed by atoms with Gasteiger partial charge in [-0.25, -0.2) is 4.98 Å². The summed E-state index contributed by atoms with van der Waals surface area (Å²) in [6, 6.07) is 5.53. The molecular weight excluding hydrogens is 226 g/mol. The number of methoxy groups -OCH3 is 1. The Bertz CT molecular complexity index is 406. The number of pyridine rings is 1. The Kier molecular flexibility index (Phi) is 3.37. The number of aromatic nitrogens is 1. The molecule has 1 aromatic heterocycles. The van der Waals surface area contributed by atoms with Gasteiger partial charge in [0.1, 0.15) is 0 Å². The quantitative estimate of drug-likeness (QED) is 0.861. The maximum absolute atomic E-state index is 5.20. The molecule has 0 radical (unpaired) electrons. The SMILES string of the molecule is COc1cc(N2CCCC2CNC2CC2)ccn1. The van der Waals surface area contributed by atoms with Gasteiger partial charge in [-0.3, -0.25) is 0 Å². The zero-order chi connectivity index (χ0) is 12.4. The molecule has 3 rings (SSSR count). The van der Waals surface area contributed by atoms with Crippen molar-refractivity contribution in [2.45, 2.75) is 37.8 Å². The third-order valence-corrected chi connectivity index (χ3v) is 3.86. The molecule has 1 aliphatic heterocycles. The van der Waals surface area contributed by atoms with Crippen LogP contribution in [0.1, 0.15) is 25.7 Å². The van der Waals surface area contributed by atoms with E-state index in [1.165, 1.54) is 31.4 Å². The molecule has 0 amide bonds. The van der Waals surface area contributed by atoms with Crippen molar-refractivity contribution >= 4 is 5.69 Å². The number of nitrogens with zero attached hydrogens (tertiary/aromatic N) is 2. The highest BCUT2D eigenvalue weighted by atomic mass is 16.5. The lowest BCUT2D eigenvalue weighted by Gasteiger charge is -2.27. The van der Waals surface area contributed by atoms with Gasteiger partial charge in [-0.2, -0.15) is 0 Å². The predicted molar refractivity (Wildman–Crippen MR) is 72.2 cm³/mol. The predicted octanol–water partition coefficient (Wildman–Crippen LogP) is 1.81. The zero-order valence-electron chi connectivity index (χ0n) is 10.9. The van der Waals surface area contributed by atoms with Crippen molar-refractivity contribution in [3.63, 3.8) is 0 Å². The monoisotopic (exact) mass is 247 g/mol. The molecule has 2 fully saturated rings. The van der Waals surface area contributed by atoms with E-state index in [1.807, 2.05) is 12.3 Å². The van der Waals surface area contributed by atoms with Crippen LogP contribution in [0, 0.1) is 0 Å². The second kappa shape index (κ2) is 5.14. The van der Waals surface area contributed by atoms with E-state index in [0.717, 1.165) is 19.1 Å². The highest BCUT2D eigenvalue weighted by molar-refractivity contribution is 5.50. The van der Waals surface area contributed by atoms with Crippen LogP contribution in [0.3, 0.4) is 0 Å². The molecule has 98 valence electrons. The molecule has 1 saturated heterocycles. The second-order valence-corrected chi connectivity index (χ2v) is 5.23. The van der Waals surface area contributed by atoms with Crippen molar-refractivity contribution in [2.75, 3.05) is 25.1 Å². The van der Waals surface area contributed by atoms with Gasteiger partial charge in [-0.1, -0.05) is 0 Å². The Balaban J connectivity index is 1.67. The van der Waals surface area contributed by atoms with Gasteiger partial charge < -0.3 is 15.0 Å². The summed E-state index contributed by atoms with van der Waals surface area (Å²) in [6.45, 7) is 2.25. The fourth-order valence-electron chi connectivity index (χ4n) is 2.67. The van der Waals surface area contributed by atoms with Crippen LogP contribution >= 0.6 is 0 Å². The van der Waals surface area contributed by atoms with Crippen LogP contribution in [0.25, 0.3) is 0 Å². The lowest BCUT2D eigenvalue weighted by atomic mass is 10.2. The maximum Gasteiger partial charge on any atom is 0.214 e. The van der Waals surface area contributed by atoms with Crippen LogP contribution in [-0.2, 0) is 0 Å². The van der Waals surface area contributed by atoms with Crippen LogP contribution in [-0.4, -0.2) is 37.3 Å². The first-order chi connectivity index (χ1) is 8.86. The number of hydrogen-bond donors (Lipinski definition) is 1. The van der Waals surface area contributed by atoms with Gasteiger partial charge >= 0.3 is 0 Å². The summed E-state index contributed by atoms with van der Waals surface area (Å²) in [5.41, 5.74) is 1.24. The Morgan fingerprint density at radius 1 is 1.44 bits per heavy atom. The summed E-state index contributed by atoms with van der Waals surface area (Å²) in [4.78, 5) is 6.66. The summed E-state index contributed by atoms with van der Waals surface area (Å²) in [6.07, 6.45) is 7.11. The first-order valence-corrected chi connectivity index (χ1v) is 6.87. The zero-order valence-corrected chi connectivity index (χ0v) is 10.9. The van der Waals surface area contributed by atoms with Crippen molar-refractivity contribution in [3.05, 3.63) is 18.3 Å². The maximum atomic E-state index is 5.20. The highest BCUT2D eigenvalue weighted by Crippen LogP contribution is 2.27. The lowest BCUT2D eigenvalue weighted by molar-refractivity contribution is 0.398. The van der Waals surface area contributed by atoms with E-state index in [2.05, 4.69) is 21.3 Å². The summed E-state index contributed by atoms with van der Waals surface area (Å²) in [5, 5.41) is 3.64. The minimum Gasteiger partial charge on any atom is -0.481 e. The molecule has 1 N–H and O–H groups in total. The fraction of sp³-hybridized carbons (Fsp3) is 0.643. The standard InChI is InChI=1S/C14H21N3O/c1-18-14-9-12(6-7-15-14)17-8-2-3-13(17)10-16-11-4-5-11/h6-7,9,11,13,16H,2-5,8,10H2,1H3. The van der Waals surface area contributed by atoms with Crippen LogP contribution in [0.4, 0.5) is 5.69 Å². The van der Waals surface area contributed by atoms with Gasteiger partial charge in [0, 0.05) is 43.1 Å². The van der Waals surface area contributed by atoms with E-state index in [0.29, 0.717) is 11.9 Å². The van der Waals surface area contributed by atoms with Crippen LogP contribution < -0.4 is 15.0 Å². The Morgan fingerprint density at radius 2 is 2.33 bits per heavy atom. The topological polar surface area (TPSA) is 37.4 Å². The van der Waals surface area contributed by atoms with E-state index >= 15 is 0 Å². The number of hydrogen-bond acceptors (Lipinski definition) is 4. The minimum absolute atomic E-state index is 0.623. The Morgan fingerprint density at radius 3 is 3.11 bits per heavy atom. The van der Waals surface area contributed by atoms with Gasteiger partial charge in [0.15, 0.2) is 0 Å². The molecule has 1 saturated carbocycles. The number of anilines is 1. The van der Waals surface area contributed by atoms with Crippen molar-refractivity contribution in [3.8, 4) is 5.88 Å². The summed E-state index contributed by atoms with van der Waals surface area (Å²) in [7, 11) is 1.67. The summed E-state index contributed by atoms with van der Waals surface area (Å²) < 4.78 is 5.20. The van der Waals surface area contributed by atoms with Crippen molar-refractivity contribution in [1.82, 2.24) is 10.3 Å². The molecule has 1 unspecified atom stereocenters. The van der Waals surface area contributed by atoms with Gasteiger partial charge in [-0.05, 0) is 31.7 Å². The molecule has 1 aromatic rings. The summed E-state index contributed by atoms with van der Waals surface area (Å²) in [5.74, 6) is 0.702. The highest BCUT2D eigenvalue weighted by Gasteiger charge is 2.28. The third kappa shape index (κ3) is 2.58. The minimum atomic E-state index is 0.623. The van der Waals surface area contributed by atoms with Gasteiger partial charge in [0.2, 0.25) is 5.88 Å². The molecule has 2 aliphatic rings. The molecule has 4 heteroatoms. The van der Waals surface area contributed by atoms with Crippen molar-refractivity contribution in [1.29, 1.82) is 0 Å². The molecule has 0 aromatic carbocycles.